The number of hydrogen-bond acceptors (Lipinski definition) is 4. The number of amides is 1. The van der Waals surface area contributed by atoms with Gasteiger partial charge in [-0.1, -0.05) is 0 Å². The van der Waals surface area contributed by atoms with Crippen molar-refractivity contribution in [2.75, 3.05) is 5.32 Å². The molecule has 7 heteroatoms. The molecule has 1 amide bonds. The quantitative estimate of drug-likeness (QED) is 0.837. The zero-order valence-corrected chi connectivity index (χ0v) is 12.5. The summed E-state index contributed by atoms with van der Waals surface area (Å²) in [6.07, 6.45) is 2.72. The van der Waals surface area contributed by atoms with E-state index in [9.17, 15) is 4.79 Å². The van der Waals surface area contributed by atoms with Crippen LogP contribution in [0.25, 0.3) is 0 Å². The van der Waals surface area contributed by atoms with Crippen LogP contribution in [0.1, 0.15) is 12.0 Å². The van der Waals surface area contributed by atoms with Crippen molar-refractivity contribution in [3.8, 4) is 11.6 Å². The van der Waals surface area contributed by atoms with Gasteiger partial charge in [0.1, 0.15) is 5.75 Å². The van der Waals surface area contributed by atoms with E-state index in [-0.39, 0.29) is 11.2 Å². The summed E-state index contributed by atoms with van der Waals surface area (Å²) in [5.41, 5.74) is 1.87. The zero-order valence-electron chi connectivity index (χ0n) is 10.2. The third kappa shape index (κ3) is 2.76. The summed E-state index contributed by atoms with van der Waals surface area (Å²) in [6, 6.07) is 5.47. The molecule has 2 aromatic rings. The van der Waals surface area contributed by atoms with Crippen molar-refractivity contribution in [2.24, 2.45) is 0 Å². The lowest BCUT2D eigenvalue weighted by atomic mass is 10.0. The number of anilines is 1. The van der Waals surface area contributed by atoms with E-state index < -0.39 is 0 Å². The molecule has 1 aromatic heterocycles. The third-order valence-electron chi connectivity index (χ3n) is 2.87. The fourth-order valence-corrected chi connectivity index (χ4v) is 2.34. The predicted molar refractivity (Wildman–Crippen MR) is 78.2 cm³/mol. The van der Waals surface area contributed by atoms with Crippen LogP contribution in [0.4, 0.5) is 5.69 Å². The minimum absolute atomic E-state index is 0.0384. The molecule has 1 aromatic carbocycles. The van der Waals surface area contributed by atoms with E-state index in [2.05, 4.69) is 31.2 Å². The van der Waals surface area contributed by atoms with Crippen LogP contribution in [0.15, 0.2) is 28.9 Å². The standard InChI is InChI=1S/C13H9BrClN3O2/c14-9-6-16-13(15)18-12(9)20-8-2-3-10-7(5-8)1-4-11(19)17-10/h2-3,5-6H,1,4H2,(H,17,19). The van der Waals surface area contributed by atoms with Crippen LogP contribution >= 0.6 is 27.5 Å². The Kier molecular flexibility index (Phi) is 3.58. The van der Waals surface area contributed by atoms with E-state index >= 15 is 0 Å². The molecule has 20 heavy (non-hydrogen) atoms. The molecule has 1 aliphatic rings. The number of fused-ring (bicyclic) bond motifs is 1. The molecule has 0 bridgehead atoms. The fraction of sp³-hybridized carbons (Fsp3) is 0.154. The number of aromatic nitrogens is 2. The molecule has 0 atom stereocenters. The van der Waals surface area contributed by atoms with Crippen LogP contribution in [-0.4, -0.2) is 15.9 Å². The molecule has 0 saturated carbocycles. The van der Waals surface area contributed by atoms with Gasteiger partial charge in [0.25, 0.3) is 0 Å². The van der Waals surface area contributed by atoms with Gasteiger partial charge in [-0.2, -0.15) is 4.98 Å². The highest BCUT2D eigenvalue weighted by Gasteiger charge is 2.16. The Morgan fingerprint density at radius 3 is 3.05 bits per heavy atom. The summed E-state index contributed by atoms with van der Waals surface area (Å²) >= 11 is 9.05. The van der Waals surface area contributed by atoms with Crippen molar-refractivity contribution >= 4 is 39.1 Å². The van der Waals surface area contributed by atoms with Gasteiger partial charge in [-0.3, -0.25) is 4.79 Å². The van der Waals surface area contributed by atoms with Crippen molar-refractivity contribution in [1.29, 1.82) is 0 Å². The minimum Gasteiger partial charge on any atom is -0.438 e. The second-order valence-electron chi connectivity index (χ2n) is 4.26. The molecule has 102 valence electrons. The van der Waals surface area contributed by atoms with Crippen LogP contribution in [0.2, 0.25) is 5.28 Å². The Bertz CT molecular complexity index is 693. The average molecular weight is 355 g/mol. The zero-order chi connectivity index (χ0) is 14.1. The normalized spacial score (nSPS) is 13.6. The topological polar surface area (TPSA) is 64.1 Å². The average Bonchev–Trinajstić information content (AvgIpc) is 2.43. The molecule has 5 nitrogen and oxygen atoms in total. The highest BCUT2D eigenvalue weighted by Crippen LogP contribution is 2.31. The van der Waals surface area contributed by atoms with Gasteiger partial charge < -0.3 is 10.1 Å². The van der Waals surface area contributed by atoms with Crippen molar-refractivity contribution < 1.29 is 9.53 Å². The lowest BCUT2D eigenvalue weighted by Crippen LogP contribution is -2.18. The minimum atomic E-state index is 0.0384. The summed E-state index contributed by atoms with van der Waals surface area (Å²) in [5, 5.41) is 2.94. The molecule has 0 radical (unpaired) electrons. The number of carbonyl (C=O) groups is 1. The smallest absolute Gasteiger partial charge is 0.237 e. The van der Waals surface area contributed by atoms with Gasteiger partial charge >= 0.3 is 0 Å². The maximum atomic E-state index is 11.3. The van der Waals surface area contributed by atoms with Gasteiger partial charge in [-0.25, -0.2) is 4.98 Å². The van der Waals surface area contributed by atoms with Crippen LogP contribution in [0, 0.1) is 0 Å². The lowest BCUT2D eigenvalue weighted by Gasteiger charge is -2.17. The summed E-state index contributed by atoms with van der Waals surface area (Å²) < 4.78 is 6.31. The summed E-state index contributed by atoms with van der Waals surface area (Å²) in [4.78, 5) is 19.2. The Morgan fingerprint density at radius 1 is 1.35 bits per heavy atom. The number of rotatable bonds is 2. The summed E-state index contributed by atoms with van der Waals surface area (Å²) in [6.45, 7) is 0. The van der Waals surface area contributed by atoms with Crippen molar-refractivity contribution in [3.05, 3.63) is 39.7 Å². The largest absolute Gasteiger partial charge is 0.438 e. The first-order chi connectivity index (χ1) is 9.61. The third-order valence-corrected chi connectivity index (χ3v) is 3.60. The van der Waals surface area contributed by atoms with Crippen molar-refractivity contribution in [3.63, 3.8) is 0 Å². The number of hydrogen-bond donors (Lipinski definition) is 1. The second kappa shape index (κ2) is 5.38. The predicted octanol–water partition coefficient (Wildman–Crippen LogP) is 3.57. The van der Waals surface area contributed by atoms with Crippen LogP contribution in [-0.2, 0) is 11.2 Å². The molecule has 0 fully saturated rings. The maximum absolute atomic E-state index is 11.3. The highest BCUT2D eigenvalue weighted by molar-refractivity contribution is 9.10. The Balaban J connectivity index is 1.88. The van der Waals surface area contributed by atoms with Gasteiger partial charge in [0.2, 0.25) is 17.1 Å². The second-order valence-corrected chi connectivity index (χ2v) is 5.45. The number of nitrogens with one attached hydrogen (secondary N) is 1. The first-order valence-electron chi connectivity index (χ1n) is 5.90. The van der Waals surface area contributed by atoms with E-state index in [4.69, 9.17) is 16.3 Å². The van der Waals surface area contributed by atoms with Gasteiger partial charge in [-0.15, -0.1) is 0 Å². The molecule has 0 aliphatic carbocycles. The van der Waals surface area contributed by atoms with E-state index in [1.165, 1.54) is 6.20 Å². The maximum Gasteiger partial charge on any atom is 0.237 e. The van der Waals surface area contributed by atoms with Crippen LogP contribution in [0.3, 0.4) is 0 Å². The molecule has 0 saturated heterocycles. The van der Waals surface area contributed by atoms with E-state index in [1.54, 1.807) is 6.07 Å². The number of aryl methyl sites for hydroxylation is 1. The number of halogens is 2. The fourth-order valence-electron chi connectivity index (χ4n) is 1.94. The number of benzene rings is 1. The SMILES string of the molecule is O=C1CCc2cc(Oc3nc(Cl)ncc3Br)ccc2N1. The number of nitrogens with zero attached hydrogens (tertiary/aromatic N) is 2. The van der Waals surface area contributed by atoms with Gasteiger partial charge in [0, 0.05) is 18.3 Å². The summed E-state index contributed by atoms with van der Waals surface area (Å²) in [5.74, 6) is 1.02. The first-order valence-corrected chi connectivity index (χ1v) is 7.07. The van der Waals surface area contributed by atoms with Crippen molar-refractivity contribution in [1.82, 2.24) is 9.97 Å². The number of ether oxygens (including phenoxy) is 1. The summed E-state index contributed by atoms with van der Waals surface area (Å²) in [7, 11) is 0. The Morgan fingerprint density at radius 2 is 2.20 bits per heavy atom. The molecular formula is C13H9BrClN3O2. The molecule has 1 aliphatic heterocycles. The van der Waals surface area contributed by atoms with Crippen molar-refractivity contribution in [2.45, 2.75) is 12.8 Å². The van der Waals surface area contributed by atoms with Crippen LogP contribution in [0.5, 0.6) is 11.6 Å². The Hall–Kier alpha value is -1.66. The van der Waals surface area contributed by atoms with E-state index in [0.29, 0.717) is 28.9 Å². The molecule has 3 rings (SSSR count). The monoisotopic (exact) mass is 353 g/mol. The molecule has 0 spiro atoms. The van der Waals surface area contributed by atoms with E-state index in [0.717, 1.165) is 11.3 Å². The van der Waals surface area contributed by atoms with Gasteiger partial charge in [-0.05, 0) is 57.7 Å². The lowest BCUT2D eigenvalue weighted by molar-refractivity contribution is -0.116. The highest BCUT2D eigenvalue weighted by atomic mass is 79.9. The Labute approximate surface area is 128 Å². The molecule has 2 heterocycles. The van der Waals surface area contributed by atoms with Crippen LogP contribution < -0.4 is 10.1 Å². The first kappa shape index (κ1) is 13.3. The molecular weight excluding hydrogens is 346 g/mol. The number of carbonyl (C=O) groups excluding carboxylic acids is 1. The molecule has 0 unspecified atom stereocenters. The van der Waals surface area contributed by atoms with E-state index in [1.807, 2.05) is 12.1 Å². The van der Waals surface area contributed by atoms with Gasteiger partial charge in [0.05, 0.1) is 4.47 Å². The molecule has 1 N–H and O–H groups in total. The van der Waals surface area contributed by atoms with Gasteiger partial charge in [0.15, 0.2) is 0 Å².